The first-order valence-corrected chi connectivity index (χ1v) is 4.79. The highest BCUT2D eigenvalue weighted by Crippen LogP contribution is 2.21. The third-order valence-corrected chi connectivity index (χ3v) is 2.36. The van der Waals surface area contributed by atoms with Crippen molar-refractivity contribution in [2.24, 2.45) is 31.4 Å². The number of aryl methyl sites for hydroxylation is 3. The van der Waals surface area contributed by atoms with E-state index in [0.717, 1.165) is 5.95 Å². The Balaban J connectivity index is 2.31. The molecular formula is C9H14N7+. The predicted octanol–water partition coefficient (Wildman–Crippen LogP) is 0.581. The molecular weight excluding hydrogens is 206 g/mol. The van der Waals surface area contributed by atoms with Crippen molar-refractivity contribution in [3.8, 4) is 0 Å². The quantitative estimate of drug-likeness (QED) is 0.593. The van der Waals surface area contributed by atoms with Gasteiger partial charge >= 0.3 is 5.95 Å². The lowest BCUT2D eigenvalue weighted by molar-refractivity contribution is -0.657. The summed E-state index contributed by atoms with van der Waals surface area (Å²) in [6, 6.07) is 0. The third-order valence-electron chi connectivity index (χ3n) is 2.36. The van der Waals surface area contributed by atoms with Gasteiger partial charge in [-0.05, 0) is 0 Å². The maximum atomic E-state index is 5.75. The van der Waals surface area contributed by atoms with Crippen molar-refractivity contribution in [1.29, 1.82) is 0 Å². The number of hydrogen-bond donors (Lipinski definition) is 1. The van der Waals surface area contributed by atoms with Crippen molar-refractivity contribution >= 4 is 17.5 Å². The summed E-state index contributed by atoms with van der Waals surface area (Å²) in [7, 11) is 5.57. The minimum absolute atomic E-state index is 0.501. The van der Waals surface area contributed by atoms with Crippen molar-refractivity contribution in [3.05, 3.63) is 18.6 Å². The minimum atomic E-state index is 0.501. The molecule has 84 valence electrons. The fraction of sp³-hybridized carbons (Fsp3) is 0.333. The van der Waals surface area contributed by atoms with Gasteiger partial charge in [0.05, 0.1) is 32.7 Å². The Labute approximate surface area is 92.8 Å². The van der Waals surface area contributed by atoms with Crippen LogP contribution in [0.15, 0.2) is 28.8 Å². The van der Waals surface area contributed by atoms with E-state index in [4.69, 9.17) is 5.73 Å². The predicted molar refractivity (Wildman–Crippen MR) is 58.4 cm³/mol. The molecule has 2 N–H and O–H groups in total. The van der Waals surface area contributed by atoms with E-state index in [1.165, 1.54) is 0 Å². The zero-order valence-corrected chi connectivity index (χ0v) is 9.49. The van der Waals surface area contributed by atoms with Gasteiger partial charge in [0.2, 0.25) is 0 Å². The lowest BCUT2D eigenvalue weighted by Crippen LogP contribution is -2.25. The fourth-order valence-electron chi connectivity index (χ4n) is 1.33. The summed E-state index contributed by atoms with van der Waals surface area (Å²) in [4.78, 5) is 0. The average molecular weight is 220 g/mol. The Morgan fingerprint density at radius 3 is 2.62 bits per heavy atom. The lowest BCUT2D eigenvalue weighted by Gasteiger charge is -1.91. The summed E-state index contributed by atoms with van der Waals surface area (Å²) in [5.74, 6) is 1.24. The van der Waals surface area contributed by atoms with Crippen LogP contribution < -0.4 is 10.3 Å². The molecule has 16 heavy (non-hydrogen) atoms. The van der Waals surface area contributed by atoms with Crippen LogP contribution >= 0.6 is 0 Å². The Kier molecular flexibility index (Phi) is 2.43. The molecule has 2 rings (SSSR count). The van der Waals surface area contributed by atoms with Gasteiger partial charge in [0, 0.05) is 12.2 Å². The Morgan fingerprint density at radius 2 is 2.12 bits per heavy atom. The van der Waals surface area contributed by atoms with Gasteiger partial charge in [-0.15, -0.1) is 0 Å². The standard InChI is InChI=1S/C9H13N7/c1-14-4-5-15(2)9(14)13-12-7-6-11-16(3)8(7)10/h4-6,10H,1-3H3/p+1. The molecule has 7 heteroatoms. The zero-order valence-electron chi connectivity index (χ0n) is 9.49. The highest BCUT2D eigenvalue weighted by atomic mass is 15.3. The summed E-state index contributed by atoms with van der Waals surface area (Å²) in [6.45, 7) is 0. The number of aromatic nitrogens is 4. The molecule has 0 radical (unpaired) electrons. The largest absolute Gasteiger partial charge is 0.421 e. The summed E-state index contributed by atoms with van der Waals surface area (Å²) < 4.78 is 5.30. The molecule has 0 aliphatic carbocycles. The molecule has 2 aromatic rings. The van der Waals surface area contributed by atoms with Crippen LogP contribution in [0.4, 0.5) is 17.5 Å². The van der Waals surface area contributed by atoms with Crippen LogP contribution in [0.25, 0.3) is 0 Å². The first kappa shape index (κ1) is 10.3. The van der Waals surface area contributed by atoms with E-state index in [1.54, 1.807) is 17.9 Å². The van der Waals surface area contributed by atoms with Crippen LogP contribution in [0.5, 0.6) is 0 Å². The number of nitrogens with zero attached hydrogens (tertiary/aromatic N) is 6. The normalized spacial score (nSPS) is 11.4. The van der Waals surface area contributed by atoms with Gasteiger partial charge in [-0.3, -0.25) is 4.68 Å². The van der Waals surface area contributed by atoms with E-state index < -0.39 is 0 Å². The van der Waals surface area contributed by atoms with Crippen LogP contribution in [0.3, 0.4) is 0 Å². The van der Waals surface area contributed by atoms with Crippen LogP contribution in [-0.4, -0.2) is 14.3 Å². The number of nitrogen functional groups attached to an aromatic ring is 1. The van der Waals surface area contributed by atoms with E-state index in [1.807, 2.05) is 35.6 Å². The van der Waals surface area contributed by atoms with Gasteiger partial charge in [-0.25, -0.2) is 9.13 Å². The van der Waals surface area contributed by atoms with Gasteiger partial charge in [0.15, 0.2) is 11.5 Å². The summed E-state index contributed by atoms with van der Waals surface area (Å²) in [6.07, 6.45) is 5.39. The molecule has 2 aromatic heterocycles. The average Bonchev–Trinajstić information content (AvgIpc) is 2.73. The van der Waals surface area contributed by atoms with E-state index >= 15 is 0 Å². The molecule has 0 atom stereocenters. The number of azo groups is 1. The van der Waals surface area contributed by atoms with Crippen LogP contribution in [0.2, 0.25) is 0 Å². The molecule has 0 aromatic carbocycles. The molecule has 0 aliphatic heterocycles. The van der Waals surface area contributed by atoms with Gasteiger partial charge in [0.1, 0.15) is 0 Å². The Hall–Kier alpha value is -2.18. The van der Waals surface area contributed by atoms with E-state index in [0.29, 0.717) is 11.5 Å². The minimum Gasteiger partial charge on any atom is -0.382 e. The summed E-state index contributed by atoms with van der Waals surface area (Å²) in [5, 5.41) is 12.2. The molecule has 0 amide bonds. The second-order valence-corrected chi connectivity index (χ2v) is 3.56. The molecule has 0 bridgehead atoms. The molecule has 0 saturated heterocycles. The Bertz CT molecular complexity index is 515. The first-order valence-electron chi connectivity index (χ1n) is 4.79. The number of hydrogen-bond acceptors (Lipinski definition) is 4. The summed E-state index contributed by atoms with van der Waals surface area (Å²) in [5.41, 5.74) is 6.32. The number of imidazole rings is 1. The highest BCUT2D eigenvalue weighted by molar-refractivity contribution is 5.55. The van der Waals surface area contributed by atoms with Crippen molar-refractivity contribution in [3.63, 3.8) is 0 Å². The first-order chi connectivity index (χ1) is 7.59. The number of anilines is 1. The van der Waals surface area contributed by atoms with Gasteiger partial charge in [0.25, 0.3) is 0 Å². The third kappa shape index (κ3) is 1.67. The molecule has 0 saturated carbocycles. The van der Waals surface area contributed by atoms with Crippen molar-refractivity contribution in [1.82, 2.24) is 14.3 Å². The maximum Gasteiger partial charge on any atom is 0.421 e. The molecule has 2 heterocycles. The van der Waals surface area contributed by atoms with E-state index in [-0.39, 0.29) is 0 Å². The maximum absolute atomic E-state index is 5.75. The second kappa shape index (κ2) is 3.76. The van der Waals surface area contributed by atoms with Crippen molar-refractivity contribution in [2.45, 2.75) is 0 Å². The molecule has 0 spiro atoms. The molecule has 0 aliphatic rings. The monoisotopic (exact) mass is 220 g/mol. The zero-order chi connectivity index (χ0) is 11.7. The summed E-state index contributed by atoms with van der Waals surface area (Å²) >= 11 is 0. The Morgan fingerprint density at radius 1 is 1.38 bits per heavy atom. The van der Waals surface area contributed by atoms with Crippen molar-refractivity contribution < 1.29 is 4.57 Å². The van der Waals surface area contributed by atoms with E-state index in [2.05, 4.69) is 15.3 Å². The lowest BCUT2D eigenvalue weighted by atomic mass is 10.5. The second-order valence-electron chi connectivity index (χ2n) is 3.56. The smallest absolute Gasteiger partial charge is 0.382 e. The number of nitrogens with two attached hydrogens (primary N) is 1. The number of rotatable bonds is 2. The van der Waals surface area contributed by atoms with Crippen LogP contribution in [0.1, 0.15) is 0 Å². The van der Waals surface area contributed by atoms with Gasteiger partial charge < -0.3 is 5.73 Å². The molecule has 0 fully saturated rings. The van der Waals surface area contributed by atoms with Gasteiger partial charge in [-0.1, -0.05) is 5.11 Å². The van der Waals surface area contributed by atoms with Crippen LogP contribution in [-0.2, 0) is 21.1 Å². The van der Waals surface area contributed by atoms with Crippen molar-refractivity contribution in [2.75, 3.05) is 5.73 Å². The SMILES string of the molecule is Cn1cc[n+](C)c1/N=N/c1cnn(C)c1N. The van der Waals surface area contributed by atoms with Gasteiger partial charge in [-0.2, -0.15) is 5.10 Å². The molecule has 7 nitrogen and oxygen atoms in total. The fourth-order valence-corrected chi connectivity index (χ4v) is 1.33. The topological polar surface area (TPSA) is 77.4 Å². The highest BCUT2D eigenvalue weighted by Gasteiger charge is 2.11. The van der Waals surface area contributed by atoms with Crippen LogP contribution in [0, 0.1) is 0 Å². The molecule has 0 unspecified atom stereocenters. The van der Waals surface area contributed by atoms with E-state index in [9.17, 15) is 0 Å².